The van der Waals surface area contributed by atoms with Crippen molar-refractivity contribution in [3.8, 4) is 0 Å². The zero-order valence-corrected chi connectivity index (χ0v) is 11.0. The number of piperidine rings is 1. The third-order valence-electron chi connectivity index (χ3n) is 4.64. The van der Waals surface area contributed by atoms with E-state index < -0.39 is 0 Å². The molecule has 0 spiro atoms. The minimum absolute atomic E-state index is 0.725. The van der Waals surface area contributed by atoms with Gasteiger partial charge in [-0.1, -0.05) is 26.2 Å². The number of hydrogen-bond acceptors (Lipinski definition) is 2. The Morgan fingerprint density at radius 2 is 1.94 bits per heavy atom. The molecule has 3 unspecified atom stereocenters. The van der Waals surface area contributed by atoms with Crippen molar-refractivity contribution in [2.45, 2.75) is 52.0 Å². The molecule has 0 radical (unpaired) electrons. The Labute approximate surface area is 101 Å². The smallest absolute Gasteiger partial charge is 0.0192 e. The Balaban J connectivity index is 1.79. The first kappa shape index (κ1) is 12.4. The summed E-state index contributed by atoms with van der Waals surface area (Å²) in [5.41, 5.74) is 0. The first-order chi connectivity index (χ1) is 7.81. The van der Waals surface area contributed by atoms with Crippen molar-refractivity contribution in [2.75, 3.05) is 26.2 Å². The van der Waals surface area contributed by atoms with Crippen molar-refractivity contribution in [1.29, 1.82) is 0 Å². The van der Waals surface area contributed by atoms with Crippen LogP contribution in [-0.4, -0.2) is 37.1 Å². The van der Waals surface area contributed by atoms with Gasteiger partial charge in [-0.2, -0.15) is 0 Å². The topological polar surface area (TPSA) is 15.3 Å². The lowest BCUT2D eigenvalue weighted by atomic mass is 9.75. The predicted molar refractivity (Wildman–Crippen MR) is 69.6 cm³/mol. The highest BCUT2D eigenvalue weighted by Crippen LogP contribution is 2.36. The molecule has 2 aliphatic rings. The third kappa shape index (κ3) is 2.98. The number of likely N-dealkylation sites (tertiary alicyclic amines) is 1. The predicted octanol–water partition coefficient (Wildman–Crippen LogP) is 2.50. The molecular formula is C14H28N2. The SMILES string of the molecule is CCNCC(C)N1CCC2CCCCC2C1. The molecule has 2 heteroatoms. The summed E-state index contributed by atoms with van der Waals surface area (Å²) in [5, 5.41) is 3.48. The fourth-order valence-corrected chi connectivity index (χ4v) is 3.51. The number of fused-ring (bicyclic) bond motifs is 1. The average Bonchev–Trinajstić information content (AvgIpc) is 2.35. The highest BCUT2D eigenvalue weighted by Gasteiger charge is 2.32. The van der Waals surface area contributed by atoms with Crippen molar-refractivity contribution in [2.24, 2.45) is 11.8 Å². The molecule has 0 aromatic heterocycles. The quantitative estimate of drug-likeness (QED) is 0.789. The molecule has 0 amide bonds. The van der Waals surface area contributed by atoms with Gasteiger partial charge in [0.25, 0.3) is 0 Å². The van der Waals surface area contributed by atoms with Crippen LogP contribution in [0.25, 0.3) is 0 Å². The van der Waals surface area contributed by atoms with E-state index in [0.29, 0.717) is 0 Å². The molecule has 1 aliphatic heterocycles. The van der Waals surface area contributed by atoms with Gasteiger partial charge < -0.3 is 5.32 Å². The van der Waals surface area contributed by atoms with E-state index in [9.17, 15) is 0 Å². The minimum atomic E-state index is 0.725. The first-order valence-electron chi connectivity index (χ1n) is 7.26. The highest BCUT2D eigenvalue weighted by atomic mass is 15.2. The van der Waals surface area contributed by atoms with Gasteiger partial charge in [0.1, 0.15) is 0 Å². The summed E-state index contributed by atoms with van der Waals surface area (Å²) in [6.45, 7) is 9.55. The zero-order valence-electron chi connectivity index (χ0n) is 11.0. The summed E-state index contributed by atoms with van der Waals surface area (Å²) < 4.78 is 0. The molecule has 1 saturated carbocycles. The number of nitrogens with one attached hydrogen (secondary N) is 1. The van der Waals surface area contributed by atoms with E-state index in [1.165, 1.54) is 45.2 Å². The lowest BCUT2D eigenvalue weighted by Gasteiger charge is -2.43. The molecule has 94 valence electrons. The van der Waals surface area contributed by atoms with Crippen LogP contribution >= 0.6 is 0 Å². The number of hydrogen-bond donors (Lipinski definition) is 1. The molecule has 1 saturated heterocycles. The summed E-state index contributed by atoms with van der Waals surface area (Å²) in [6, 6.07) is 0.725. The van der Waals surface area contributed by atoms with Crippen molar-refractivity contribution in [3.05, 3.63) is 0 Å². The van der Waals surface area contributed by atoms with Crippen LogP contribution in [-0.2, 0) is 0 Å². The molecule has 1 N–H and O–H groups in total. The van der Waals surface area contributed by atoms with Crippen LogP contribution in [0.1, 0.15) is 46.0 Å². The maximum absolute atomic E-state index is 3.48. The van der Waals surface area contributed by atoms with E-state index in [0.717, 1.165) is 31.0 Å². The molecule has 2 fully saturated rings. The van der Waals surface area contributed by atoms with Gasteiger partial charge in [-0.3, -0.25) is 4.90 Å². The average molecular weight is 224 g/mol. The fraction of sp³-hybridized carbons (Fsp3) is 1.00. The van der Waals surface area contributed by atoms with Crippen molar-refractivity contribution in [1.82, 2.24) is 10.2 Å². The standard InChI is InChI=1S/C14H28N2/c1-3-15-10-12(2)16-9-8-13-6-4-5-7-14(13)11-16/h12-15H,3-11H2,1-2H3. The van der Waals surface area contributed by atoms with Gasteiger partial charge in [0.05, 0.1) is 0 Å². The van der Waals surface area contributed by atoms with Crippen molar-refractivity contribution < 1.29 is 0 Å². The number of rotatable bonds is 4. The van der Waals surface area contributed by atoms with Crippen LogP contribution in [0.3, 0.4) is 0 Å². The van der Waals surface area contributed by atoms with E-state index in [4.69, 9.17) is 0 Å². The Hall–Kier alpha value is -0.0800. The normalized spacial score (nSPS) is 33.4. The second-order valence-electron chi connectivity index (χ2n) is 5.74. The van der Waals surface area contributed by atoms with Gasteiger partial charge >= 0.3 is 0 Å². The van der Waals surface area contributed by atoms with Crippen LogP contribution in [0.5, 0.6) is 0 Å². The molecule has 0 aromatic rings. The van der Waals surface area contributed by atoms with Crippen molar-refractivity contribution >= 4 is 0 Å². The molecule has 2 nitrogen and oxygen atoms in total. The monoisotopic (exact) mass is 224 g/mol. The third-order valence-corrected chi connectivity index (χ3v) is 4.64. The van der Waals surface area contributed by atoms with Crippen molar-refractivity contribution in [3.63, 3.8) is 0 Å². The Kier molecular flexibility index (Phi) is 4.66. The number of nitrogens with zero attached hydrogens (tertiary/aromatic N) is 1. The van der Waals surface area contributed by atoms with Crippen LogP contribution in [0.4, 0.5) is 0 Å². The summed E-state index contributed by atoms with van der Waals surface area (Å²) >= 11 is 0. The maximum Gasteiger partial charge on any atom is 0.0192 e. The lowest BCUT2D eigenvalue weighted by molar-refractivity contribution is 0.0619. The van der Waals surface area contributed by atoms with Gasteiger partial charge in [-0.15, -0.1) is 0 Å². The Bertz CT molecular complexity index is 205. The molecule has 1 heterocycles. The van der Waals surface area contributed by atoms with E-state index in [1.807, 2.05) is 0 Å². The second-order valence-corrected chi connectivity index (χ2v) is 5.74. The summed E-state index contributed by atoms with van der Waals surface area (Å²) in [5.74, 6) is 2.09. The van der Waals surface area contributed by atoms with Crippen LogP contribution in [0.15, 0.2) is 0 Å². The molecule has 16 heavy (non-hydrogen) atoms. The summed E-state index contributed by atoms with van der Waals surface area (Å²) in [6.07, 6.45) is 7.45. The second kappa shape index (κ2) is 6.02. The fourth-order valence-electron chi connectivity index (χ4n) is 3.51. The molecule has 0 bridgehead atoms. The highest BCUT2D eigenvalue weighted by molar-refractivity contribution is 4.85. The van der Waals surface area contributed by atoms with Gasteiger partial charge in [0.15, 0.2) is 0 Å². The number of likely N-dealkylation sites (N-methyl/N-ethyl adjacent to an activating group) is 1. The molecule has 0 aromatic carbocycles. The summed E-state index contributed by atoms with van der Waals surface area (Å²) in [4.78, 5) is 2.72. The van der Waals surface area contributed by atoms with E-state index in [-0.39, 0.29) is 0 Å². The molecular weight excluding hydrogens is 196 g/mol. The van der Waals surface area contributed by atoms with E-state index in [1.54, 1.807) is 0 Å². The van der Waals surface area contributed by atoms with Gasteiger partial charge in [-0.05, 0) is 44.7 Å². The zero-order chi connectivity index (χ0) is 11.4. The Morgan fingerprint density at radius 3 is 2.69 bits per heavy atom. The largest absolute Gasteiger partial charge is 0.315 e. The van der Waals surface area contributed by atoms with Crippen LogP contribution in [0.2, 0.25) is 0 Å². The Morgan fingerprint density at radius 1 is 1.19 bits per heavy atom. The van der Waals surface area contributed by atoms with E-state index >= 15 is 0 Å². The lowest BCUT2D eigenvalue weighted by Crippen LogP contribution is -2.48. The van der Waals surface area contributed by atoms with Crippen LogP contribution in [0, 0.1) is 11.8 Å². The first-order valence-corrected chi connectivity index (χ1v) is 7.26. The molecule has 2 rings (SSSR count). The van der Waals surface area contributed by atoms with Gasteiger partial charge in [0, 0.05) is 19.1 Å². The van der Waals surface area contributed by atoms with Crippen LogP contribution < -0.4 is 5.32 Å². The maximum atomic E-state index is 3.48. The van der Waals surface area contributed by atoms with Gasteiger partial charge in [0.2, 0.25) is 0 Å². The minimum Gasteiger partial charge on any atom is -0.315 e. The van der Waals surface area contributed by atoms with Gasteiger partial charge in [-0.25, -0.2) is 0 Å². The van der Waals surface area contributed by atoms with E-state index in [2.05, 4.69) is 24.1 Å². The molecule has 1 aliphatic carbocycles. The summed E-state index contributed by atoms with van der Waals surface area (Å²) in [7, 11) is 0. The molecule has 3 atom stereocenters.